The number of nitrogens with one attached hydrogen (secondary N) is 4. The molecule has 0 aromatic carbocycles. The number of carboxylic acids is 2. The quantitative estimate of drug-likeness (QED) is 0.131. The lowest BCUT2D eigenvalue weighted by atomic mass is 10.0. The van der Waals surface area contributed by atoms with Gasteiger partial charge in [-0.15, -0.1) is 0 Å². The zero-order valence-corrected chi connectivity index (χ0v) is 18.6. The van der Waals surface area contributed by atoms with Crippen molar-refractivity contribution in [3.8, 4) is 0 Å². The summed E-state index contributed by atoms with van der Waals surface area (Å²) in [6.07, 6.45) is 1.30. The fourth-order valence-corrected chi connectivity index (χ4v) is 2.84. The number of aromatic nitrogens is 2. The molecule has 4 amide bonds. The fraction of sp³-hybridized carbons (Fsp3) is 0.526. The summed E-state index contributed by atoms with van der Waals surface area (Å²) in [5.74, 6) is -7.30. The lowest BCUT2D eigenvalue weighted by Crippen LogP contribution is -2.58. The van der Waals surface area contributed by atoms with Crippen LogP contribution in [-0.2, 0) is 35.2 Å². The summed E-state index contributed by atoms with van der Waals surface area (Å²) in [5, 5.41) is 24.9. The van der Waals surface area contributed by atoms with Gasteiger partial charge >= 0.3 is 11.9 Å². The van der Waals surface area contributed by atoms with Gasteiger partial charge in [0.1, 0.15) is 18.1 Å². The Morgan fingerprint density at radius 3 is 2.00 bits per heavy atom. The van der Waals surface area contributed by atoms with Gasteiger partial charge in [0.25, 0.3) is 0 Å². The first kappa shape index (κ1) is 28.0. The molecular weight excluding hydrogens is 454 g/mol. The maximum absolute atomic E-state index is 12.7. The van der Waals surface area contributed by atoms with Crippen molar-refractivity contribution in [2.24, 2.45) is 17.4 Å². The van der Waals surface area contributed by atoms with Crippen molar-refractivity contribution in [2.75, 3.05) is 0 Å². The average Bonchev–Trinajstić information content (AvgIpc) is 3.22. The van der Waals surface area contributed by atoms with Crippen LogP contribution in [0.3, 0.4) is 0 Å². The minimum atomic E-state index is -1.70. The number of hydrogen-bond donors (Lipinski definition) is 8. The van der Waals surface area contributed by atoms with Crippen molar-refractivity contribution >= 4 is 35.6 Å². The Hall–Kier alpha value is -4.01. The molecule has 1 aromatic rings. The Labute approximate surface area is 194 Å². The first-order chi connectivity index (χ1) is 15.8. The highest BCUT2D eigenvalue weighted by atomic mass is 16.4. The second kappa shape index (κ2) is 12.9. The van der Waals surface area contributed by atoms with E-state index in [0.717, 1.165) is 0 Å². The van der Waals surface area contributed by atoms with E-state index in [0.29, 0.717) is 5.69 Å². The zero-order chi connectivity index (χ0) is 26.0. The molecular formula is C19H29N7O8. The van der Waals surface area contributed by atoms with Crippen LogP contribution >= 0.6 is 0 Å². The molecule has 1 heterocycles. The Morgan fingerprint density at radius 2 is 1.53 bits per heavy atom. The van der Waals surface area contributed by atoms with E-state index in [1.54, 1.807) is 0 Å². The van der Waals surface area contributed by atoms with Crippen LogP contribution in [0.25, 0.3) is 0 Å². The number of primary amides is 1. The topological polar surface area (TPSA) is 260 Å². The Kier molecular flexibility index (Phi) is 10.6. The second-order valence-corrected chi connectivity index (χ2v) is 7.85. The molecule has 1 rings (SSSR count). The van der Waals surface area contributed by atoms with Gasteiger partial charge in [-0.3, -0.25) is 24.0 Å². The molecule has 10 N–H and O–H groups in total. The van der Waals surface area contributed by atoms with Gasteiger partial charge in [0, 0.05) is 18.3 Å². The van der Waals surface area contributed by atoms with Gasteiger partial charge in [-0.05, 0) is 5.92 Å². The number of imidazole rings is 1. The molecule has 1 aromatic heterocycles. The summed E-state index contributed by atoms with van der Waals surface area (Å²) >= 11 is 0. The van der Waals surface area contributed by atoms with Crippen LogP contribution in [0.5, 0.6) is 0 Å². The summed E-state index contributed by atoms with van der Waals surface area (Å²) in [5.41, 5.74) is 11.5. The van der Waals surface area contributed by atoms with E-state index in [-0.39, 0.29) is 6.42 Å². The average molecular weight is 483 g/mol. The molecule has 15 heteroatoms. The molecule has 4 unspecified atom stereocenters. The number of nitrogens with zero attached hydrogens (tertiary/aromatic N) is 1. The molecule has 0 aliphatic heterocycles. The molecule has 0 saturated carbocycles. The van der Waals surface area contributed by atoms with Crippen molar-refractivity contribution in [3.05, 3.63) is 18.2 Å². The van der Waals surface area contributed by atoms with Crippen LogP contribution in [0.4, 0.5) is 0 Å². The summed E-state index contributed by atoms with van der Waals surface area (Å²) in [4.78, 5) is 78.2. The van der Waals surface area contributed by atoms with Crippen molar-refractivity contribution in [2.45, 2.75) is 57.3 Å². The molecule has 188 valence electrons. The number of carbonyl (C=O) groups is 6. The van der Waals surface area contributed by atoms with Crippen LogP contribution in [0.15, 0.2) is 12.5 Å². The number of aliphatic carboxylic acids is 2. The molecule has 0 saturated heterocycles. The number of hydrogen-bond acceptors (Lipinski definition) is 8. The van der Waals surface area contributed by atoms with Crippen molar-refractivity contribution in [1.29, 1.82) is 0 Å². The molecule has 0 aliphatic rings. The fourth-order valence-electron chi connectivity index (χ4n) is 2.84. The van der Waals surface area contributed by atoms with Crippen LogP contribution in [0.1, 0.15) is 32.4 Å². The first-order valence-corrected chi connectivity index (χ1v) is 10.2. The number of H-pyrrole nitrogens is 1. The monoisotopic (exact) mass is 483 g/mol. The van der Waals surface area contributed by atoms with Crippen molar-refractivity contribution < 1.29 is 39.0 Å². The Morgan fingerprint density at radius 1 is 0.971 bits per heavy atom. The minimum absolute atomic E-state index is 0.0343. The van der Waals surface area contributed by atoms with E-state index >= 15 is 0 Å². The van der Waals surface area contributed by atoms with E-state index in [9.17, 15) is 33.9 Å². The summed E-state index contributed by atoms with van der Waals surface area (Å²) in [6, 6.07) is -5.75. The van der Waals surface area contributed by atoms with Crippen LogP contribution in [0, 0.1) is 5.92 Å². The highest BCUT2D eigenvalue weighted by molar-refractivity contribution is 5.97. The van der Waals surface area contributed by atoms with Gasteiger partial charge in [0.05, 0.1) is 25.2 Å². The molecule has 0 fully saturated rings. The minimum Gasteiger partial charge on any atom is -0.481 e. The second-order valence-electron chi connectivity index (χ2n) is 7.85. The summed E-state index contributed by atoms with van der Waals surface area (Å²) in [7, 11) is 0. The number of carbonyl (C=O) groups excluding carboxylic acids is 4. The van der Waals surface area contributed by atoms with Gasteiger partial charge in [-0.25, -0.2) is 9.78 Å². The van der Waals surface area contributed by atoms with Crippen molar-refractivity contribution in [3.63, 3.8) is 0 Å². The molecule has 15 nitrogen and oxygen atoms in total. The molecule has 4 atom stereocenters. The SMILES string of the molecule is CC(C)C(NC(=O)C(CC(=O)O)NC(=O)C(CC(N)=O)NC(=O)C(N)Cc1cnc[nH]1)C(=O)O. The Bertz CT molecular complexity index is 902. The highest BCUT2D eigenvalue weighted by Crippen LogP contribution is 2.05. The number of rotatable bonds is 14. The van der Waals surface area contributed by atoms with Gasteiger partial charge < -0.3 is 42.6 Å². The number of amides is 4. The molecule has 0 bridgehead atoms. The smallest absolute Gasteiger partial charge is 0.326 e. The van der Waals surface area contributed by atoms with Crippen LogP contribution < -0.4 is 27.4 Å². The third-order valence-electron chi connectivity index (χ3n) is 4.61. The summed E-state index contributed by atoms with van der Waals surface area (Å²) in [6.45, 7) is 3.05. The third kappa shape index (κ3) is 9.23. The third-order valence-corrected chi connectivity index (χ3v) is 4.61. The standard InChI is InChI=1S/C19H29N7O8/c1-8(2)15(19(33)34)26-18(32)12(5-14(28)29)25-17(31)11(4-13(21)27)24-16(30)10(20)3-9-6-22-7-23-9/h6-8,10-12,15H,3-5,20H2,1-2H3,(H2,21,27)(H,22,23)(H,24,30)(H,25,31)(H,26,32)(H,28,29)(H,33,34). The van der Waals surface area contributed by atoms with E-state index in [1.807, 2.05) is 0 Å². The molecule has 0 radical (unpaired) electrons. The normalized spacial score (nSPS) is 14.4. The van der Waals surface area contributed by atoms with Gasteiger partial charge in [-0.2, -0.15) is 0 Å². The van der Waals surface area contributed by atoms with E-state index in [4.69, 9.17) is 16.6 Å². The zero-order valence-electron chi connectivity index (χ0n) is 18.6. The predicted molar refractivity (Wildman–Crippen MR) is 115 cm³/mol. The molecule has 0 spiro atoms. The number of carboxylic acid groups (broad SMARTS) is 2. The van der Waals surface area contributed by atoms with E-state index in [1.165, 1.54) is 26.4 Å². The van der Waals surface area contributed by atoms with Gasteiger partial charge in [0.2, 0.25) is 23.6 Å². The summed E-state index contributed by atoms with van der Waals surface area (Å²) < 4.78 is 0. The predicted octanol–water partition coefficient (Wildman–Crippen LogP) is -3.18. The van der Waals surface area contributed by atoms with E-state index in [2.05, 4.69) is 25.9 Å². The van der Waals surface area contributed by atoms with Gasteiger partial charge in [0.15, 0.2) is 0 Å². The van der Waals surface area contributed by atoms with Crippen molar-refractivity contribution in [1.82, 2.24) is 25.9 Å². The van der Waals surface area contributed by atoms with E-state index < -0.39 is 78.5 Å². The number of nitrogens with two attached hydrogens (primary N) is 2. The maximum atomic E-state index is 12.7. The number of aromatic amines is 1. The van der Waals surface area contributed by atoms with Crippen LogP contribution in [-0.4, -0.2) is 79.9 Å². The maximum Gasteiger partial charge on any atom is 0.326 e. The lowest BCUT2D eigenvalue weighted by Gasteiger charge is -2.25. The molecule has 0 aliphatic carbocycles. The molecule has 34 heavy (non-hydrogen) atoms. The highest BCUT2D eigenvalue weighted by Gasteiger charge is 2.33. The first-order valence-electron chi connectivity index (χ1n) is 10.2. The van der Waals surface area contributed by atoms with Crippen LogP contribution in [0.2, 0.25) is 0 Å². The Balaban J connectivity index is 2.96. The van der Waals surface area contributed by atoms with Gasteiger partial charge in [-0.1, -0.05) is 13.8 Å². The lowest BCUT2D eigenvalue weighted by molar-refractivity contribution is -0.144. The largest absolute Gasteiger partial charge is 0.481 e.